The summed E-state index contributed by atoms with van der Waals surface area (Å²) >= 11 is 0. The lowest BCUT2D eigenvalue weighted by molar-refractivity contribution is 0.351. The number of hydrogen-bond donors (Lipinski definition) is 1. The Kier molecular flexibility index (Phi) is 2.49. The Bertz CT molecular complexity index is 72.2. The summed E-state index contributed by atoms with van der Waals surface area (Å²) in [6.45, 7) is 5.74. The second-order valence-electron chi connectivity index (χ2n) is 1.87. The third-order valence-electron chi connectivity index (χ3n) is 0.887. The Balaban J connectivity index is 3.56. The fourth-order valence-electron chi connectivity index (χ4n) is 0.333. The lowest BCUT2D eigenvalue weighted by atomic mass is 10.2. The first-order valence-corrected chi connectivity index (χ1v) is 2.53. The minimum atomic E-state index is 0.282. The van der Waals surface area contributed by atoms with Gasteiger partial charge in [0.2, 0.25) is 0 Å². The zero-order valence-electron chi connectivity index (χ0n) is 5.10. The number of rotatable bonds is 1. The summed E-state index contributed by atoms with van der Waals surface area (Å²) < 4.78 is 0. The molecule has 1 nitrogen and oxygen atoms in total. The third kappa shape index (κ3) is 2.26. The maximum absolute atomic E-state index is 8.80. The number of aliphatic hydroxyl groups is 1. The SMILES string of the molecule is CC=C(O)C(C)C. The van der Waals surface area contributed by atoms with Gasteiger partial charge in [0, 0.05) is 5.92 Å². The molecule has 0 aromatic rings. The second-order valence-corrected chi connectivity index (χ2v) is 1.87. The van der Waals surface area contributed by atoms with Crippen LogP contribution >= 0.6 is 0 Å². The molecule has 0 saturated heterocycles. The topological polar surface area (TPSA) is 20.2 Å². The highest BCUT2D eigenvalue weighted by atomic mass is 16.3. The van der Waals surface area contributed by atoms with Gasteiger partial charge >= 0.3 is 0 Å². The lowest BCUT2D eigenvalue weighted by Crippen LogP contribution is -1.89. The van der Waals surface area contributed by atoms with Gasteiger partial charge in [-0.3, -0.25) is 0 Å². The Morgan fingerprint density at radius 3 is 2.00 bits per heavy atom. The van der Waals surface area contributed by atoms with Gasteiger partial charge in [0.15, 0.2) is 0 Å². The zero-order chi connectivity index (χ0) is 5.86. The van der Waals surface area contributed by atoms with E-state index in [0.29, 0.717) is 5.76 Å². The van der Waals surface area contributed by atoms with Crippen LogP contribution in [-0.2, 0) is 0 Å². The number of aliphatic hydroxyl groups excluding tert-OH is 1. The average Bonchev–Trinajstić information content (AvgIpc) is 1.65. The summed E-state index contributed by atoms with van der Waals surface area (Å²) in [6, 6.07) is 0. The molecule has 0 aliphatic carbocycles. The molecule has 0 aromatic heterocycles. The van der Waals surface area contributed by atoms with Crippen molar-refractivity contribution < 1.29 is 5.11 Å². The van der Waals surface area contributed by atoms with Crippen LogP contribution in [0.5, 0.6) is 0 Å². The molecule has 0 aliphatic heterocycles. The molecule has 0 bridgehead atoms. The fraction of sp³-hybridized carbons (Fsp3) is 0.667. The summed E-state index contributed by atoms with van der Waals surface area (Å²) in [4.78, 5) is 0. The molecule has 0 aliphatic rings. The quantitative estimate of drug-likeness (QED) is 0.500. The molecule has 0 amide bonds. The van der Waals surface area contributed by atoms with E-state index in [1.807, 2.05) is 20.8 Å². The van der Waals surface area contributed by atoms with Crippen molar-refractivity contribution in [3.8, 4) is 0 Å². The molecule has 1 N–H and O–H groups in total. The minimum absolute atomic E-state index is 0.282. The van der Waals surface area contributed by atoms with E-state index in [1.54, 1.807) is 6.08 Å². The van der Waals surface area contributed by atoms with E-state index in [0.717, 1.165) is 0 Å². The van der Waals surface area contributed by atoms with E-state index in [-0.39, 0.29) is 5.92 Å². The standard InChI is InChI=1S/C6H12O/c1-4-6(7)5(2)3/h4-5,7H,1-3H3. The first-order valence-electron chi connectivity index (χ1n) is 2.53. The van der Waals surface area contributed by atoms with E-state index in [9.17, 15) is 0 Å². The van der Waals surface area contributed by atoms with Gasteiger partial charge in [-0.15, -0.1) is 0 Å². The van der Waals surface area contributed by atoms with Crippen LogP contribution in [0.15, 0.2) is 11.8 Å². The first kappa shape index (κ1) is 6.54. The van der Waals surface area contributed by atoms with E-state index in [2.05, 4.69) is 0 Å². The van der Waals surface area contributed by atoms with Gasteiger partial charge in [-0.05, 0) is 13.0 Å². The lowest BCUT2D eigenvalue weighted by Gasteiger charge is -1.98. The van der Waals surface area contributed by atoms with Gasteiger partial charge in [0.05, 0.1) is 5.76 Å². The van der Waals surface area contributed by atoms with Crippen molar-refractivity contribution in [2.45, 2.75) is 20.8 Å². The van der Waals surface area contributed by atoms with Crippen LogP contribution in [0.4, 0.5) is 0 Å². The highest BCUT2D eigenvalue weighted by molar-refractivity contribution is 4.90. The molecule has 42 valence electrons. The third-order valence-corrected chi connectivity index (χ3v) is 0.887. The van der Waals surface area contributed by atoms with E-state index >= 15 is 0 Å². The highest BCUT2D eigenvalue weighted by Gasteiger charge is 1.93. The van der Waals surface area contributed by atoms with Crippen LogP contribution in [-0.4, -0.2) is 5.11 Å². The average molecular weight is 100 g/mol. The first-order chi connectivity index (χ1) is 3.18. The monoisotopic (exact) mass is 100 g/mol. The Morgan fingerprint density at radius 2 is 2.00 bits per heavy atom. The molecule has 0 heterocycles. The Hall–Kier alpha value is -0.460. The fourth-order valence-corrected chi connectivity index (χ4v) is 0.333. The van der Waals surface area contributed by atoms with Crippen LogP contribution in [0.25, 0.3) is 0 Å². The van der Waals surface area contributed by atoms with Crippen molar-refractivity contribution in [3.63, 3.8) is 0 Å². The van der Waals surface area contributed by atoms with E-state index < -0.39 is 0 Å². The van der Waals surface area contributed by atoms with Gasteiger partial charge in [0.25, 0.3) is 0 Å². The Morgan fingerprint density at radius 1 is 1.57 bits per heavy atom. The van der Waals surface area contributed by atoms with Crippen molar-refractivity contribution in [1.82, 2.24) is 0 Å². The van der Waals surface area contributed by atoms with Gasteiger partial charge in [-0.2, -0.15) is 0 Å². The minimum Gasteiger partial charge on any atom is -0.512 e. The highest BCUT2D eigenvalue weighted by Crippen LogP contribution is 2.02. The predicted octanol–water partition coefficient (Wildman–Crippen LogP) is 2.10. The number of hydrogen-bond acceptors (Lipinski definition) is 1. The molecule has 1 heteroatoms. The molecule has 0 spiro atoms. The molecule has 0 radical (unpaired) electrons. The van der Waals surface area contributed by atoms with Crippen molar-refractivity contribution in [1.29, 1.82) is 0 Å². The second kappa shape index (κ2) is 2.67. The summed E-state index contributed by atoms with van der Waals surface area (Å²) in [7, 11) is 0. The molecule has 7 heavy (non-hydrogen) atoms. The van der Waals surface area contributed by atoms with Crippen LogP contribution in [0.2, 0.25) is 0 Å². The smallest absolute Gasteiger partial charge is 0.0905 e. The molecule has 0 saturated carbocycles. The normalized spacial score (nSPS) is 12.9. The van der Waals surface area contributed by atoms with Crippen molar-refractivity contribution in [2.24, 2.45) is 5.92 Å². The van der Waals surface area contributed by atoms with Gasteiger partial charge in [0.1, 0.15) is 0 Å². The number of allylic oxidation sites excluding steroid dienone is 2. The summed E-state index contributed by atoms with van der Waals surface area (Å²) in [5.74, 6) is 0.755. The van der Waals surface area contributed by atoms with E-state index in [4.69, 9.17) is 5.11 Å². The molecule has 0 unspecified atom stereocenters. The largest absolute Gasteiger partial charge is 0.512 e. The van der Waals surface area contributed by atoms with Crippen molar-refractivity contribution in [3.05, 3.63) is 11.8 Å². The maximum Gasteiger partial charge on any atom is 0.0905 e. The molecular weight excluding hydrogens is 88.1 g/mol. The van der Waals surface area contributed by atoms with Gasteiger partial charge < -0.3 is 5.11 Å². The van der Waals surface area contributed by atoms with Crippen molar-refractivity contribution in [2.75, 3.05) is 0 Å². The molecule has 0 fully saturated rings. The van der Waals surface area contributed by atoms with Crippen LogP contribution in [0, 0.1) is 5.92 Å². The maximum atomic E-state index is 8.80. The van der Waals surface area contributed by atoms with Gasteiger partial charge in [-0.1, -0.05) is 13.8 Å². The zero-order valence-corrected chi connectivity index (χ0v) is 5.10. The van der Waals surface area contributed by atoms with Crippen LogP contribution in [0.1, 0.15) is 20.8 Å². The Labute approximate surface area is 44.7 Å². The molecular formula is C6H12O. The van der Waals surface area contributed by atoms with Crippen LogP contribution in [0.3, 0.4) is 0 Å². The summed E-state index contributed by atoms with van der Waals surface area (Å²) in [5, 5.41) is 8.80. The van der Waals surface area contributed by atoms with Gasteiger partial charge in [-0.25, -0.2) is 0 Å². The van der Waals surface area contributed by atoms with Crippen LogP contribution < -0.4 is 0 Å². The molecule has 0 rings (SSSR count). The molecule has 0 atom stereocenters. The molecule has 0 aromatic carbocycles. The van der Waals surface area contributed by atoms with E-state index in [1.165, 1.54) is 0 Å². The van der Waals surface area contributed by atoms with Crippen molar-refractivity contribution >= 4 is 0 Å². The summed E-state index contributed by atoms with van der Waals surface area (Å²) in [6.07, 6.45) is 1.71. The summed E-state index contributed by atoms with van der Waals surface area (Å²) in [5.41, 5.74) is 0. The predicted molar refractivity (Wildman–Crippen MR) is 31.2 cm³/mol.